The maximum atomic E-state index is 11.3. The molecule has 0 atom stereocenters. The molecule has 0 amide bonds. The Morgan fingerprint density at radius 3 is 2.67 bits per heavy atom. The lowest BCUT2D eigenvalue weighted by Gasteiger charge is -2.06. The number of rotatable bonds is 3. The standard InChI is InChI=1S/C15H15NOS/c1-10-4-5-11(2)14(8-10)18-15-9-13(12(3)17)6-7-16-15/h4-9H,1-3H3. The van der Waals surface area contributed by atoms with E-state index in [1.54, 1.807) is 30.9 Å². The Morgan fingerprint density at radius 1 is 1.17 bits per heavy atom. The van der Waals surface area contributed by atoms with Crippen molar-refractivity contribution < 1.29 is 4.79 Å². The molecule has 2 nitrogen and oxygen atoms in total. The van der Waals surface area contributed by atoms with Crippen LogP contribution in [0.3, 0.4) is 0 Å². The number of carbonyl (C=O) groups is 1. The Hall–Kier alpha value is -1.61. The van der Waals surface area contributed by atoms with Crippen molar-refractivity contribution in [3.8, 4) is 0 Å². The SMILES string of the molecule is CC(=O)c1ccnc(Sc2cc(C)ccc2C)c1. The summed E-state index contributed by atoms with van der Waals surface area (Å²) in [6, 6.07) is 9.93. The van der Waals surface area contributed by atoms with Crippen LogP contribution in [0, 0.1) is 13.8 Å². The third kappa shape index (κ3) is 2.99. The van der Waals surface area contributed by atoms with Gasteiger partial charge in [-0.05, 0) is 50.1 Å². The molecule has 0 spiro atoms. The van der Waals surface area contributed by atoms with Crippen LogP contribution >= 0.6 is 11.8 Å². The highest BCUT2D eigenvalue weighted by molar-refractivity contribution is 7.99. The van der Waals surface area contributed by atoms with Crippen molar-refractivity contribution >= 4 is 17.5 Å². The van der Waals surface area contributed by atoms with Crippen LogP contribution in [0.25, 0.3) is 0 Å². The molecule has 2 rings (SSSR count). The normalized spacial score (nSPS) is 10.4. The van der Waals surface area contributed by atoms with E-state index in [1.165, 1.54) is 16.0 Å². The molecule has 0 fully saturated rings. The molecule has 0 N–H and O–H groups in total. The number of aryl methyl sites for hydroxylation is 2. The monoisotopic (exact) mass is 257 g/mol. The molecule has 1 aromatic carbocycles. The van der Waals surface area contributed by atoms with E-state index in [0.29, 0.717) is 5.56 Å². The van der Waals surface area contributed by atoms with Crippen molar-refractivity contribution in [3.63, 3.8) is 0 Å². The molecule has 0 unspecified atom stereocenters. The largest absolute Gasteiger partial charge is 0.295 e. The van der Waals surface area contributed by atoms with Crippen molar-refractivity contribution in [3.05, 3.63) is 53.2 Å². The van der Waals surface area contributed by atoms with Crippen LogP contribution < -0.4 is 0 Å². The van der Waals surface area contributed by atoms with Gasteiger partial charge in [-0.25, -0.2) is 4.98 Å². The van der Waals surface area contributed by atoms with E-state index in [0.717, 1.165) is 5.03 Å². The maximum absolute atomic E-state index is 11.3. The minimum Gasteiger partial charge on any atom is -0.295 e. The number of nitrogens with zero attached hydrogens (tertiary/aromatic N) is 1. The Bertz CT molecular complexity index is 593. The number of ketones is 1. The number of Topliss-reactive ketones (excluding diaryl/α,β-unsaturated/α-hetero) is 1. The second-order valence-corrected chi connectivity index (χ2v) is 5.37. The number of carbonyl (C=O) groups excluding carboxylic acids is 1. The smallest absolute Gasteiger partial charge is 0.159 e. The van der Waals surface area contributed by atoms with Gasteiger partial charge in [0, 0.05) is 16.7 Å². The predicted molar refractivity (Wildman–Crippen MR) is 74.3 cm³/mol. The van der Waals surface area contributed by atoms with Gasteiger partial charge in [0.2, 0.25) is 0 Å². The van der Waals surface area contributed by atoms with Crippen LogP contribution in [-0.2, 0) is 0 Å². The Morgan fingerprint density at radius 2 is 1.94 bits per heavy atom. The third-order valence-electron chi connectivity index (χ3n) is 2.70. The maximum Gasteiger partial charge on any atom is 0.159 e. The van der Waals surface area contributed by atoms with E-state index in [1.807, 2.05) is 6.07 Å². The summed E-state index contributed by atoms with van der Waals surface area (Å²) in [6.07, 6.45) is 1.68. The first kappa shape index (κ1) is 12.8. The Balaban J connectivity index is 2.31. The quantitative estimate of drug-likeness (QED) is 0.777. The predicted octanol–water partition coefficient (Wildman–Crippen LogP) is 4.05. The molecule has 3 heteroatoms. The highest BCUT2D eigenvalue weighted by atomic mass is 32.2. The molecule has 0 bridgehead atoms. The van der Waals surface area contributed by atoms with E-state index >= 15 is 0 Å². The van der Waals surface area contributed by atoms with E-state index in [2.05, 4.69) is 37.0 Å². The lowest BCUT2D eigenvalue weighted by atomic mass is 10.2. The van der Waals surface area contributed by atoms with Crippen LogP contribution in [0.4, 0.5) is 0 Å². The molecule has 0 aliphatic carbocycles. The van der Waals surface area contributed by atoms with Crippen molar-refractivity contribution in [2.75, 3.05) is 0 Å². The molecular formula is C15H15NOS. The number of hydrogen-bond acceptors (Lipinski definition) is 3. The minimum atomic E-state index is 0.0696. The summed E-state index contributed by atoms with van der Waals surface area (Å²) in [5, 5.41) is 0.858. The fourth-order valence-electron chi connectivity index (χ4n) is 1.61. The summed E-state index contributed by atoms with van der Waals surface area (Å²) in [6.45, 7) is 5.72. The van der Waals surface area contributed by atoms with Crippen molar-refractivity contribution in [2.45, 2.75) is 30.7 Å². The summed E-state index contributed by atoms with van der Waals surface area (Å²) in [4.78, 5) is 16.8. The van der Waals surface area contributed by atoms with Gasteiger partial charge in [0.25, 0.3) is 0 Å². The molecular weight excluding hydrogens is 242 g/mol. The molecule has 0 saturated heterocycles. The first-order chi connectivity index (χ1) is 8.56. The van der Waals surface area contributed by atoms with Gasteiger partial charge in [-0.1, -0.05) is 23.9 Å². The van der Waals surface area contributed by atoms with Crippen LogP contribution in [0.15, 0.2) is 46.5 Å². The van der Waals surface area contributed by atoms with Crippen LogP contribution in [0.5, 0.6) is 0 Å². The summed E-state index contributed by atoms with van der Waals surface area (Å²) >= 11 is 1.60. The Kier molecular flexibility index (Phi) is 3.82. The summed E-state index contributed by atoms with van der Waals surface area (Å²) in [5.74, 6) is 0.0696. The van der Waals surface area contributed by atoms with Crippen molar-refractivity contribution in [1.29, 1.82) is 0 Å². The zero-order valence-electron chi connectivity index (χ0n) is 10.7. The molecule has 0 radical (unpaired) electrons. The van der Waals surface area contributed by atoms with Gasteiger partial charge in [0.05, 0.1) is 0 Å². The fourth-order valence-corrected chi connectivity index (χ4v) is 2.61. The fraction of sp³-hybridized carbons (Fsp3) is 0.200. The van der Waals surface area contributed by atoms with E-state index in [-0.39, 0.29) is 5.78 Å². The van der Waals surface area contributed by atoms with Gasteiger partial charge >= 0.3 is 0 Å². The lowest BCUT2D eigenvalue weighted by molar-refractivity contribution is 0.101. The summed E-state index contributed by atoms with van der Waals surface area (Å²) in [7, 11) is 0. The summed E-state index contributed by atoms with van der Waals surface area (Å²) < 4.78 is 0. The van der Waals surface area contributed by atoms with Gasteiger partial charge in [0.15, 0.2) is 5.78 Å². The second kappa shape index (κ2) is 5.36. The third-order valence-corrected chi connectivity index (χ3v) is 3.79. The van der Waals surface area contributed by atoms with Crippen LogP contribution in [0.2, 0.25) is 0 Å². The van der Waals surface area contributed by atoms with Crippen molar-refractivity contribution in [2.24, 2.45) is 0 Å². The highest BCUT2D eigenvalue weighted by Crippen LogP contribution is 2.29. The molecule has 1 aromatic heterocycles. The highest BCUT2D eigenvalue weighted by Gasteiger charge is 2.05. The van der Waals surface area contributed by atoms with Gasteiger partial charge in [-0.3, -0.25) is 4.79 Å². The molecule has 0 saturated carbocycles. The number of pyridine rings is 1. The average molecular weight is 257 g/mol. The van der Waals surface area contributed by atoms with Gasteiger partial charge in [0.1, 0.15) is 5.03 Å². The van der Waals surface area contributed by atoms with Crippen LogP contribution in [0.1, 0.15) is 28.4 Å². The molecule has 2 aromatic rings. The van der Waals surface area contributed by atoms with Gasteiger partial charge in [-0.2, -0.15) is 0 Å². The number of benzene rings is 1. The van der Waals surface area contributed by atoms with Gasteiger partial charge in [-0.15, -0.1) is 0 Å². The Labute approximate surface area is 111 Å². The van der Waals surface area contributed by atoms with Crippen LogP contribution in [-0.4, -0.2) is 10.8 Å². The topological polar surface area (TPSA) is 30.0 Å². The molecule has 0 aliphatic rings. The lowest BCUT2D eigenvalue weighted by Crippen LogP contribution is -1.93. The molecule has 0 aliphatic heterocycles. The molecule has 92 valence electrons. The first-order valence-electron chi connectivity index (χ1n) is 5.78. The van der Waals surface area contributed by atoms with Gasteiger partial charge < -0.3 is 0 Å². The zero-order chi connectivity index (χ0) is 13.1. The minimum absolute atomic E-state index is 0.0696. The first-order valence-corrected chi connectivity index (χ1v) is 6.60. The summed E-state index contributed by atoms with van der Waals surface area (Å²) in [5.41, 5.74) is 3.16. The van der Waals surface area contributed by atoms with Crippen molar-refractivity contribution in [1.82, 2.24) is 4.98 Å². The molecule has 1 heterocycles. The van der Waals surface area contributed by atoms with E-state index < -0.39 is 0 Å². The average Bonchev–Trinajstić information content (AvgIpc) is 2.34. The number of hydrogen-bond donors (Lipinski definition) is 0. The molecule has 18 heavy (non-hydrogen) atoms. The second-order valence-electron chi connectivity index (χ2n) is 4.31. The zero-order valence-corrected chi connectivity index (χ0v) is 11.5. The number of aromatic nitrogens is 1. The van der Waals surface area contributed by atoms with E-state index in [4.69, 9.17) is 0 Å². The van der Waals surface area contributed by atoms with E-state index in [9.17, 15) is 4.79 Å².